The maximum Gasteiger partial charge on any atom is 0.347 e. The first-order chi connectivity index (χ1) is 7.66. The maximum absolute atomic E-state index is 11.3. The SMILES string of the molecule is CC(C)c1nc(Cn2cccnc2=O)no1. The highest BCUT2D eigenvalue weighted by molar-refractivity contribution is 4.93. The average molecular weight is 220 g/mol. The summed E-state index contributed by atoms with van der Waals surface area (Å²) in [6.07, 6.45) is 3.09. The number of hydrogen-bond donors (Lipinski definition) is 0. The summed E-state index contributed by atoms with van der Waals surface area (Å²) in [5.74, 6) is 1.25. The van der Waals surface area contributed by atoms with Crippen molar-refractivity contribution < 1.29 is 4.52 Å². The summed E-state index contributed by atoms with van der Waals surface area (Å²) in [6, 6.07) is 1.69. The summed E-state index contributed by atoms with van der Waals surface area (Å²) in [4.78, 5) is 19.1. The van der Waals surface area contributed by atoms with E-state index in [2.05, 4.69) is 15.1 Å². The van der Waals surface area contributed by atoms with Crippen LogP contribution in [0.2, 0.25) is 0 Å². The third kappa shape index (κ3) is 2.16. The van der Waals surface area contributed by atoms with Gasteiger partial charge in [0.15, 0.2) is 5.82 Å². The number of aromatic nitrogens is 4. The minimum absolute atomic E-state index is 0.187. The van der Waals surface area contributed by atoms with Crippen LogP contribution in [0.15, 0.2) is 27.8 Å². The average Bonchev–Trinajstić information content (AvgIpc) is 2.70. The molecule has 0 unspecified atom stereocenters. The summed E-state index contributed by atoms with van der Waals surface area (Å²) in [5.41, 5.74) is -0.321. The highest BCUT2D eigenvalue weighted by Crippen LogP contribution is 2.10. The van der Waals surface area contributed by atoms with Crippen LogP contribution in [0.5, 0.6) is 0 Å². The van der Waals surface area contributed by atoms with Crippen LogP contribution in [-0.4, -0.2) is 19.7 Å². The lowest BCUT2D eigenvalue weighted by molar-refractivity contribution is 0.359. The van der Waals surface area contributed by atoms with Crippen molar-refractivity contribution in [3.8, 4) is 0 Å². The first-order valence-electron chi connectivity index (χ1n) is 5.01. The molecule has 0 fully saturated rings. The lowest BCUT2D eigenvalue weighted by Crippen LogP contribution is -2.22. The molecule has 0 saturated heterocycles. The molecule has 0 atom stereocenters. The summed E-state index contributed by atoms with van der Waals surface area (Å²) < 4.78 is 6.47. The molecule has 0 spiro atoms. The smallest absolute Gasteiger partial charge is 0.339 e. The molecule has 0 bridgehead atoms. The quantitative estimate of drug-likeness (QED) is 0.764. The lowest BCUT2D eigenvalue weighted by Gasteiger charge is -1.98. The Labute approximate surface area is 91.9 Å². The van der Waals surface area contributed by atoms with Gasteiger partial charge in [-0.3, -0.25) is 4.57 Å². The van der Waals surface area contributed by atoms with E-state index in [1.807, 2.05) is 13.8 Å². The van der Waals surface area contributed by atoms with Gasteiger partial charge in [0.1, 0.15) is 0 Å². The predicted molar refractivity (Wildman–Crippen MR) is 56.0 cm³/mol. The van der Waals surface area contributed by atoms with Crippen LogP contribution < -0.4 is 5.69 Å². The van der Waals surface area contributed by atoms with Gasteiger partial charge < -0.3 is 4.52 Å². The molecule has 0 aliphatic rings. The molecule has 0 aliphatic heterocycles. The van der Waals surface area contributed by atoms with Gasteiger partial charge in [-0.25, -0.2) is 9.78 Å². The van der Waals surface area contributed by atoms with Gasteiger partial charge in [-0.1, -0.05) is 19.0 Å². The molecule has 0 amide bonds. The molecule has 6 nitrogen and oxygen atoms in total. The first-order valence-corrected chi connectivity index (χ1v) is 5.01. The van der Waals surface area contributed by atoms with E-state index in [4.69, 9.17) is 4.52 Å². The Morgan fingerprint density at radius 1 is 1.50 bits per heavy atom. The molecule has 2 aromatic rings. The minimum Gasteiger partial charge on any atom is -0.339 e. The summed E-state index contributed by atoms with van der Waals surface area (Å²) in [7, 11) is 0. The fourth-order valence-corrected chi connectivity index (χ4v) is 1.23. The molecule has 6 heteroatoms. The van der Waals surface area contributed by atoms with Gasteiger partial charge in [-0.15, -0.1) is 0 Å². The summed E-state index contributed by atoms with van der Waals surface area (Å²) in [5, 5.41) is 3.80. The second kappa shape index (κ2) is 4.26. The van der Waals surface area contributed by atoms with Crippen molar-refractivity contribution in [2.75, 3.05) is 0 Å². The molecular formula is C10H12N4O2. The Morgan fingerprint density at radius 3 is 2.94 bits per heavy atom. The zero-order valence-corrected chi connectivity index (χ0v) is 9.12. The van der Waals surface area contributed by atoms with Crippen molar-refractivity contribution in [3.63, 3.8) is 0 Å². The van der Waals surface area contributed by atoms with Crippen molar-refractivity contribution in [2.24, 2.45) is 0 Å². The zero-order chi connectivity index (χ0) is 11.5. The third-order valence-electron chi connectivity index (χ3n) is 2.07. The van der Waals surface area contributed by atoms with Crippen LogP contribution in [0.3, 0.4) is 0 Å². The third-order valence-corrected chi connectivity index (χ3v) is 2.07. The molecule has 16 heavy (non-hydrogen) atoms. The van der Waals surface area contributed by atoms with Crippen LogP contribution in [0.1, 0.15) is 31.5 Å². The monoisotopic (exact) mass is 220 g/mol. The first kappa shape index (κ1) is 10.5. The Morgan fingerprint density at radius 2 is 2.31 bits per heavy atom. The van der Waals surface area contributed by atoms with Crippen molar-refractivity contribution in [2.45, 2.75) is 26.3 Å². The molecule has 2 heterocycles. The van der Waals surface area contributed by atoms with E-state index in [0.717, 1.165) is 0 Å². The van der Waals surface area contributed by atoms with Gasteiger partial charge in [0.05, 0.1) is 6.54 Å². The normalized spacial score (nSPS) is 10.9. The molecule has 0 aliphatic carbocycles. The topological polar surface area (TPSA) is 73.8 Å². The van der Waals surface area contributed by atoms with Crippen molar-refractivity contribution in [3.05, 3.63) is 40.7 Å². The Hall–Kier alpha value is -1.98. The second-order valence-electron chi connectivity index (χ2n) is 3.73. The number of nitrogens with zero attached hydrogens (tertiary/aromatic N) is 4. The molecule has 0 N–H and O–H groups in total. The predicted octanol–water partition coefficient (Wildman–Crippen LogP) is 0.798. The molecule has 0 aromatic carbocycles. The van der Waals surface area contributed by atoms with Gasteiger partial charge in [-0.05, 0) is 6.07 Å². The molecular weight excluding hydrogens is 208 g/mol. The Balaban J connectivity index is 2.21. The van der Waals surface area contributed by atoms with Gasteiger partial charge in [-0.2, -0.15) is 4.98 Å². The van der Waals surface area contributed by atoms with Crippen molar-refractivity contribution in [1.29, 1.82) is 0 Å². The minimum atomic E-state index is -0.321. The zero-order valence-electron chi connectivity index (χ0n) is 9.12. The van der Waals surface area contributed by atoms with Crippen molar-refractivity contribution in [1.82, 2.24) is 19.7 Å². The van der Waals surface area contributed by atoms with E-state index in [9.17, 15) is 4.79 Å². The van der Waals surface area contributed by atoms with Crippen LogP contribution in [0, 0.1) is 0 Å². The van der Waals surface area contributed by atoms with Crippen molar-refractivity contribution >= 4 is 0 Å². The summed E-state index contributed by atoms with van der Waals surface area (Å²) >= 11 is 0. The second-order valence-corrected chi connectivity index (χ2v) is 3.73. The van der Waals surface area contributed by atoms with Crippen LogP contribution in [-0.2, 0) is 6.54 Å². The van der Waals surface area contributed by atoms with E-state index in [-0.39, 0.29) is 18.2 Å². The molecule has 0 saturated carbocycles. The van der Waals surface area contributed by atoms with E-state index >= 15 is 0 Å². The largest absolute Gasteiger partial charge is 0.347 e. The van der Waals surface area contributed by atoms with E-state index < -0.39 is 0 Å². The van der Waals surface area contributed by atoms with E-state index in [1.165, 1.54) is 10.8 Å². The van der Waals surface area contributed by atoms with Crippen LogP contribution >= 0.6 is 0 Å². The highest BCUT2D eigenvalue weighted by Gasteiger charge is 2.10. The van der Waals surface area contributed by atoms with Crippen LogP contribution in [0.4, 0.5) is 0 Å². The lowest BCUT2D eigenvalue weighted by atomic mass is 10.2. The summed E-state index contributed by atoms with van der Waals surface area (Å²) in [6.45, 7) is 4.21. The maximum atomic E-state index is 11.3. The van der Waals surface area contributed by atoms with Crippen LogP contribution in [0.25, 0.3) is 0 Å². The fourth-order valence-electron chi connectivity index (χ4n) is 1.23. The standard InChI is InChI=1S/C10H12N4O2/c1-7(2)9-12-8(13-16-9)6-14-5-3-4-11-10(14)15/h3-5,7H,6H2,1-2H3. The fraction of sp³-hybridized carbons (Fsp3) is 0.400. The van der Waals surface area contributed by atoms with Gasteiger partial charge in [0.25, 0.3) is 0 Å². The molecule has 0 radical (unpaired) electrons. The molecule has 2 aromatic heterocycles. The molecule has 2 rings (SSSR count). The van der Waals surface area contributed by atoms with E-state index in [1.54, 1.807) is 12.3 Å². The Bertz CT molecular complexity index is 529. The highest BCUT2D eigenvalue weighted by atomic mass is 16.5. The number of rotatable bonds is 3. The Kier molecular flexibility index (Phi) is 2.80. The van der Waals surface area contributed by atoms with E-state index in [0.29, 0.717) is 11.7 Å². The molecule has 84 valence electrons. The van der Waals surface area contributed by atoms with Gasteiger partial charge in [0, 0.05) is 18.3 Å². The van der Waals surface area contributed by atoms with Gasteiger partial charge in [0.2, 0.25) is 5.89 Å². The van der Waals surface area contributed by atoms with Gasteiger partial charge >= 0.3 is 5.69 Å². The number of hydrogen-bond acceptors (Lipinski definition) is 5.